The molecule has 0 saturated heterocycles. The monoisotopic (exact) mass is 182 g/mol. The van der Waals surface area contributed by atoms with Gasteiger partial charge in [-0.25, -0.2) is 5.06 Å². The van der Waals surface area contributed by atoms with E-state index in [1.54, 1.807) is 12.2 Å². The van der Waals surface area contributed by atoms with Crippen LogP contribution in [0.4, 0.5) is 5.95 Å². The molecule has 0 unspecified atom stereocenters. The number of aromatic nitrogens is 3. The third-order valence-corrected chi connectivity index (χ3v) is 2.38. The highest BCUT2D eigenvalue weighted by Gasteiger charge is 2.29. The molecule has 5 heteroatoms. The van der Waals surface area contributed by atoms with Crippen molar-refractivity contribution in [3.05, 3.63) is 5.82 Å². The predicted molar refractivity (Wildman–Crippen MR) is 48.4 cm³/mol. The number of nitrogens with zero attached hydrogens (tertiary/aromatic N) is 4. The topological polar surface area (TPSA) is 43.2 Å². The Morgan fingerprint density at radius 2 is 2.15 bits per heavy atom. The molecule has 0 aliphatic heterocycles. The Balaban J connectivity index is 2.26. The molecule has 1 saturated carbocycles. The summed E-state index contributed by atoms with van der Waals surface area (Å²) in [5.74, 6) is 2.44. The predicted octanol–water partition coefficient (Wildman–Crippen LogP) is 0.690. The fraction of sp³-hybridized carbons (Fsp3) is 0.750. The van der Waals surface area contributed by atoms with Crippen LogP contribution in [-0.4, -0.2) is 28.9 Å². The molecule has 0 atom stereocenters. The largest absolute Gasteiger partial charge is 0.298 e. The average molecular weight is 182 g/mol. The first-order valence-corrected chi connectivity index (χ1v) is 4.41. The molecule has 2 rings (SSSR count). The van der Waals surface area contributed by atoms with Gasteiger partial charge in [0.25, 0.3) is 5.95 Å². The van der Waals surface area contributed by atoms with E-state index in [1.807, 2.05) is 18.7 Å². The minimum Gasteiger partial charge on any atom is -0.298 e. The summed E-state index contributed by atoms with van der Waals surface area (Å²) in [5.41, 5.74) is 0. The van der Waals surface area contributed by atoms with Crippen molar-refractivity contribution in [1.82, 2.24) is 14.8 Å². The van der Waals surface area contributed by atoms with Gasteiger partial charge in [0, 0.05) is 20.0 Å². The maximum absolute atomic E-state index is 5.04. The highest BCUT2D eigenvalue weighted by Crippen LogP contribution is 2.39. The van der Waals surface area contributed by atoms with E-state index in [2.05, 4.69) is 10.2 Å². The molecule has 0 radical (unpaired) electrons. The fourth-order valence-electron chi connectivity index (χ4n) is 1.39. The molecule has 0 aromatic carbocycles. The second-order valence-corrected chi connectivity index (χ2v) is 3.37. The van der Waals surface area contributed by atoms with Gasteiger partial charge in [0.1, 0.15) is 5.82 Å². The van der Waals surface area contributed by atoms with E-state index in [-0.39, 0.29) is 0 Å². The lowest BCUT2D eigenvalue weighted by Gasteiger charge is -2.13. The van der Waals surface area contributed by atoms with Gasteiger partial charge in [-0.1, -0.05) is 0 Å². The number of anilines is 1. The Morgan fingerprint density at radius 1 is 1.46 bits per heavy atom. The van der Waals surface area contributed by atoms with Crippen LogP contribution in [0.5, 0.6) is 0 Å². The molecule has 1 fully saturated rings. The number of hydroxylamine groups is 1. The summed E-state index contributed by atoms with van der Waals surface area (Å²) in [5, 5.41) is 9.81. The highest BCUT2D eigenvalue weighted by molar-refractivity contribution is 5.27. The lowest BCUT2D eigenvalue weighted by Crippen LogP contribution is -2.19. The third-order valence-electron chi connectivity index (χ3n) is 2.38. The Hall–Kier alpha value is -1.10. The SMILES string of the molecule is CON(C)c1nnc(C2CC2)n1C. The standard InChI is InChI=1S/C8H14N4O/c1-11-7(6-4-5-6)9-10-8(11)12(2)13-3/h6H,4-5H2,1-3H3. The van der Waals surface area contributed by atoms with Crippen LogP contribution in [0.25, 0.3) is 0 Å². The van der Waals surface area contributed by atoms with Gasteiger partial charge in [-0.05, 0) is 12.8 Å². The van der Waals surface area contributed by atoms with Crippen LogP contribution in [0.1, 0.15) is 24.6 Å². The van der Waals surface area contributed by atoms with Crippen molar-refractivity contribution in [3.8, 4) is 0 Å². The molecular formula is C8H14N4O. The minimum atomic E-state index is 0.622. The Morgan fingerprint density at radius 3 is 2.69 bits per heavy atom. The van der Waals surface area contributed by atoms with Gasteiger partial charge < -0.3 is 0 Å². The summed E-state index contributed by atoms with van der Waals surface area (Å²) in [6.45, 7) is 0. The molecular weight excluding hydrogens is 168 g/mol. The maximum Gasteiger partial charge on any atom is 0.250 e. The van der Waals surface area contributed by atoms with E-state index in [1.165, 1.54) is 12.8 Å². The van der Waals surface area contributed by atoms with Crippen LogP contribution in [0, 0.1) is 0 Å². The molecule has 72 valence electrons. The van der Waals surface area contributed by atoms with E-state index in [4.69, 9.17) is 4.84 Å². The fourth-order valence-corrected chi connectivity index (χ4v) is 1.39. The maximum atomic E-state index is 5.04. The van der Waals surface area contributed by atoms with E-state index in [0.717, 1.165) is 11.8 Å². The van der Waals surface area contributed by atoms with E-state index >= 15 is 0 Å². The normalized spacial score (nSPS) is 16.2. The zero-order valence-electron chi connectivity index (χ0n) is 8.19. The van der Waals surface area contributed by atoms with Crippen molar-refractivity contribution in [3.63, 3.8) is 0 Å². The van der Waals surface area contributed by atoms with Crippen molar-refractivity contribution in [1.29, 1.82) is 0 Å². The summed E-state index contributed by atoms with van der Waals surface area (Å²) in [6.07, 6.45) is 2.48. The Kier molecular flexibility index (Phi) is 1.95. The lowest BCUT2D eigenvalue weighted by molar-refractivity contribution is 0.178. The van der Waals surface area contributed by atoms with Gasteiger partial charge in [0.05, 0.1) is 7.11 Å². The summed E-state index contributed by atoms with van der Waals surface area (Å²) >= 11 is 0. The van der Waals surface area contributed by atoms with Gasteiger partial charge in [-0.15, -0.1) is 10.2 Å². The number of rotatable bonds is 3. The van der Waals surface area contributed by atoms with Crippen molar-refractivity contribution in [2.75, 3.05) is 19.2 Å². The first-order valence-electron chi connectivity index (χ1n) is 4.41. The van der Waals surface area contributed by atoms with Gasteiger partial charge in [-0.2, -0.15) is 0 Å². The molecule has 5 nitrogen and oxygen atoms in total. The van der Waals surface area contributed by atoms with E-state index < -0.39 is 0 Å². The quantitative estimate of drug-likeness (QED) is 0.645. The van der Waals surface area contributed by atoms with Crippen LogP contribution < -0.4 is 5.06 Å². The van der Waals surface area contributed by atoms with Crippen LogP contribution in [0.15, 0.2) is 0 Å². The highest BCUT2D eigenvalue weighted by atomic mass is 16.7. The van der Waals surface area contributed by atoms with Crippen LogP contribution in [0.2, 0.25) is 0 Å². The first kappa shape index (κ1) is 8.50. The smallest absolute Gasteiger partial charge is 0.250 e. The molecule has 0 bridgehead atoms. The van der Waals surface area contributed by atoms with Crippen LogP contribution in [0.3, 0.4) is 0 Å². The van der Waals surface area contributed by atoms with Crippen molar-refractivity contribution in [2.24, 2.45) is 7.05 Å². The molecule has 1 aliphatic carbocycles. The van der Waals surface area contributed by atoms with Gasteiger partial charge in [-0.3, -0.25) is 9.40 Å². The molecule has 0 spiro atoms. The molecule has 1 aromatic rings. The summed E-state index contributed by atoms with van der Waals surface area (Å²) in [6, 6.07) is 0. The zero-order valence-corrected chi connectivity index (χ0v) is 8.19. The van der Waals surface area contributed by atoms with Gasteiger partial charge >= 0.3 is 0 Å². The first-order chi connectivity index (χ1) is 6.24. The molecule has 0 amide bonds. The molecule has 0 N–H and O–H groups in total. The number of hydrogen-bond donors (Lipinski definition) is 0. The van der Waals surface area contributed by atoms with Gasteiger partial charge in [0.15, 0.2) is 0 Å². The molecule has 1 aliphatic rings. The lowest BCUT2D eigenvalue weighted by atomic mass is 10.4. The molecule has 1 aromatic heterocycles. The summed E-state index contributed by atoms with van der Waals surface area (Å²) in [4.78, 5) is 5.04. The van der Waals surface area contributed by atoms with Crippen molar-refractivity contribution >= 4 is 5.95 Å². The van der Waals surface area contributed by atoms with Gasteiger partial charge in [0.2, 0.25) is 0 Å². The zero-order chi connectivity index (χ0) is 9.42. The second-order valence-electron chi connectivity index (χ2n) is 3.37. The third kappa shape index (κ3) is 1.39. The summed E-state index contributed by atoms with van der Waals surface area (Å²) in [7, 11) is 5.41. The second kappa shape index (κ2) is 2.99. The average Bonchev–Trinajstić information content (AvgIpc) is 2.90. The van der Waals surface area contributed by atoms with E-state index in [0.29, 0.717) is 5.92 Å². The van der Waals surface area contributed by atoms with Crippen molar-refractivity contribution in [2.45, 2.75) is 18.8 Å². The molecule has 1 heterocycles. The van der Waals surface area contributed by atoms with Crippen LogP contribution in [-0.2, 0) is 11.9 Å². The minimum absolute atomic E-state index is 0.622. The Labute approximate surface area is 77.3 Å². The number of hydrogen-bond acceptors (Lipinski definition) is 4. The van der Waals surface area contributed by atoms with E-state index in [9.17, 15) is 0 Å². The Bertz CT molecular complexity index is 305. The molecule has 13 heavy (non-hydrogen) atoms. The van der Waals surface area contributed by atoms with Crippen molar-refractivity contribution < 1.29 is 4.84 Å². The van der Waals surface area contributed by atoms with Crippen LogP contribution >= 0.6 is 0 Å². The summed E-state index contributed by atoms with van der Waals surface area (Å²) < 4.78 is 1.99.